The molecule has 0 aliphatic carbocycles. The van der Waals surface area contributed by atoms with Crippen LogP contribution in [0.4, 0.5) is 0 Å². The molecule has 1 aromatic carbocycles. The number of aryl methyl sites for hydroxylation is 2. The molecule has 2 N–H and O–H groups in total. The van der Waals surface area contributed by atoms with Crippen molar-refractivity contribution in [1.82, 2.24) is 0 Å². The number of rotatable bonds is 2. The first kappa shape index (κ1) is 10.4. The summed E-state index contributed by atoms with van der Waals surface area (Å²) in [4.78, 5) is 1.24. The number of benzene rings is 1. The molecule has 1 heterocycles. The Kier molecular flexibility index (Phi) is 2.89. The van der Waals surface area contributed by atoms with Crippen molar-refractivity contribution in [3.8, 4) is 11.1 Å². The van der Waals surface area contributed by atoms with Crippen LogP contribution < -0.4 is 5.73 Å². The van der Waals surface area contributed by atoms with E-state index in [1.807, 2.05) is 0 Å². The van der Waals surface area contributed by atoms with Crippen LogP contribution in [0.3, 0.4) is 0 Å². The maximum atomic E-state index is 5.61. The van der Waals surface area contributed by atoms with Crippen molar-refractivity contribution < 1.29 is 0 Å². The lowest BCUT2D eigenvalue weighted by atomic mass is 10.0. The van der Waals surface area contributed by atoms with E-state index >= 15 is 0 Å². The van der Waals surface area contributed by atoms with E-state index in [1.165, 1.54) is 27.1 Å². The van der Waals surface area contributed by atoms with Gasteiger partial charge >= 0.3 is 0 Å². The van der Waals surface area contributed by atoms with Gasteiger partial charge in [-0.1, -0.05) is 18.2 Å². The first-order valence-corrected chi connectivity index (χ1v) is 5.94. The fraction of sp³-hybridized carbons (Fsp3) is 0.231. The third-order valence-corrected chi connectivity index (χ3v) is 3.65. The summed E-state index contributed by atoms with van der Waals surface area (Å²) in [7, 11) is 0. The molecule has 1 aromatic heterocycles. The summed E-state index contributed by atoms with van der Waals surface area (Å²) in [6, 6.07) is 8.75. The fourth-order valence-electron chi connectivity index (χ4n) is 1.56. The van der Waals surface area contributed by atoms with Gasteiger partial charge in [0.2, 0.25) is 0 Å². The Labute approximate surface area is 94.6 Å². The van der Waals surface area contributed by atoms with Crippen molar-refractivity contribution in [2.45, 2.75) is 20.4 Å². The predicted octanol–water partition coefficient (Wildman–Crippen LogP) is 3.49. The van der Waals surface area contributed by atoms with Gasteiger partial charge in [-0.05, 0) is 47.5 Å². The summed E-state index contributed by atoms with van der Waals surface area (Å²) in [5, 5.41) is 2.17. The molecule has 0 amide bonds. The Morgan fingerprint density at radius 3 is 2.47 bits per heavy atom. The Morgan fingerprint density at radius 2 is 1.87 bits per heavy atom. The summed E-state index contributed by atoms with van der Waals surface area (Å²) < 4.78 is 0. The van der Waals surface area contributed by atoms with Crippen LogP contribution in [0.2, 0.25) is 0 Å². The lowest BCUT2D eigenvalue weighted by Crippen LogP contribution is -1.91. The van der Waals surface area contributed by atoms with Gasteiger partial charge in [0.15, 0.2) is 0 Å². The first-order valence-electron chi connectivity index (χ1n) is 5.06. The van der Waals surface area contributed by atoms with E-state index in [2.05, 4.69) is 43.5 Å². The van der Waals surface area contributed by atoms with Crippen LogP contribution in [0.15, 0.2) is 29.6 Å². The normalized spacial score (nSPS) is 10.6. The smallest absolute Gasteiger partial charge is 0.0274 e. The molecule has 0 saturated heterocycles. The second-order valence-electron chi connectivity index (χ2n) is 3.80. The van der Waals surface area contributed by atoms with Gasteiger partial charge in [0.1, 0.15) is 0 Å². The van der Waals surface area contributed by atoms with Crippen molar-refractivity contribution in [2.24, 2.45) is 5.73 Å². The van der Waals surface area contributed by atoms with E-state index in [0.29, 0.717) is 6.54 Å². The zero-order valence-corrected chi connectivity index (χ0v) is 9.90. The topological polar surface area (TPSA) is 26.0 Å². The van der Waals surface area contributed by atoms with Gasteiger partial charge in [-0.2, -0.15) is 0 Å². The maximum Gasteiger partial charge on any atom is 0.0274 e. The van der Waals surface area contributed by atoms with E-state index < -0.39 is 0 Å². The molecule has 15 heavy (non-hydrogen) atoms. The minimum atomic E-state index is 0.634. The van der Waals surface area contributed by atoms with E-state index in [0.717, 1.165) is 0 Å². The van der Waals surface area contributed by atoms with Crippen LogP contribution in [0, 0.1) is 13.8 Å². The highest BCUT2D eigenvalue weighted by atomic mass is 32.1. The maximum absolute atomic E-state index is 5.61. The van der Waals surface area contributed by atoms with Crippen LogP contribution in [0.25, 0.3) is 11.1 Å². The molecule has 2 heteroatoms. The standard InChI is InChI=1S/C13H15NS/c1-9-3-4-11(5-10(9)2)12-6-13(7-14)15-8-12/h3-6,8H,7,14H2,1-2H3. The van der Waals surface area contributed by atoms with E-state index in [-0.39, 0.29) is 0 Å². The van der Waals surface area contributed by atoms with E-state index in [9.17, 15) is 0 Å². The molecule has 1 nitrogen and oxygen atoms in total. The lowest BCUT2D eigenvalue weighted by molar-refractivity contribution is 1.11. The molecular weight excluding hydrogens is 202 g/mol. The minimum Gasteiger partial charge on any atom is -0.326 e. The second-order valence-corrected chi connectivity index (χ2v) is 4.80. The molecule has 0 aliphatic heterocycles. The molecule has 2 rings (SSSR count). The quantitative estimate of drug-likeness (QED) is 0.818. The molecule has 0 saturated carbocycles. The number of hydrogen-bond donors (Lipinski definition) is 1. The molecular formula is C13H15NS. The van der Waals surface area contributed by atoms with Gasteiger partial charge in [-0.25, -0.2) is 0 Å². The van der Waals surface area contributed by atoms with Crippen molar-refractivity contribution in [3.63, 3.8) is 0 Å². The number of hydrogen-bond acceptors (Lipinski definition) is 2. The highest BCUT2D eigenvalue weighted by molar-refractivity contribution is 7.10. The third-order valence-electron chi connectivity index (χ3n) is 2.70. The van der Waals surface area contributed by atoms with Gasteiger partial charge in [-0.3, -0.25) is 0 Å². The Bertz CT molecular complexity index is 471. The zero-order valence-electron chi connectivity index (χ0n) is 9.08. The van der Waals surface area contributed by atoms with Crippen LogP contribution in [-0.2, 0) is 6.54 Å². The van der Waals surface area contributed by atoms with Crippen LogP contribution in [0.5, 0.6) is 0 Å². The summed E-state index contributed by atoms with van der Waals surface area (Å²) in [5.74, 6) is 0. The summed E-state index contributed by atoms with van der Waals surface area (Å²) in [5.41, 5.74) is 10.9. The Balaban J connectivity index is 2.40. The lowest BCUT2D eigenvalue weighted by Gasteiger charge is -2.02. The van der Waals surface area contributed by atoms with Gasteiger partial charge in [0, 0.05) is 11.4 Å². The Hall–Kier alpha value is -1.12. The van der Waals surface area contributed by atoms with Crippen LogP contribution in [-0.4, -0.2) is 0 Å². The molecule has 0 atom stereocenters. The van der Waals surface area contributed by atoms with Gasteiger partial charge in [-0.15, -0.1) is 11.3 Å². The SMILES string of the molecule is Cc1ccc(-c2csc(CN)c2)cc1C. The van der Waals surface area contributed by atoms with Gasteiger partial charge in [0.25, 0.3) is 0 Å². The second kappa shape index (κ2) is 4.17. The monoisotopic (exact) mass is 217 g/mol. The highest BCUT2D eigenvalue weighted by Crippen LogP contribution is 2.26. The van der Waals surface area contributed by atoms with Crippen molar-refractivity contribution in [1.29, 1.82) is 0 Å². The molecule has 0 fully saturated rings. The summed E-state index contributed by atoms with van der Waals surface area (Å²) >= 11 is 1.73. The predicted molar refractivity (Wildman–Crippen MR) is 67.1 cm³/mol. The van der Waals surface area contributed by atoms with Crippen LogP contribution >= 0.6 is 11.3 Å². The number of thiophene rings is 1. The largest absolute Gasteiger partial charge is 0.326 e. The van der Waals surface area contributed by atoms with Crippen molar-refractivity contribution in [3.05, 3.63) is 45.6 Å². The summed E-state index contributed by atoms with van der Waals surface area (Å²) in [6.07, 6.45) is 0. The molecule has 78 valence electrons. The average Bonchev–Trinajstić information content (AvgIpc) is 2.70. The molecule has 0 radical (unpaired) electrons. The molecule has 0 bridgehead atoms. The van der Waals surface area contributed by atoms with Crippen LogP contribution in [0.1, 0.15) is 16.0 Å². The molecule has 0 aliphatic rings. The highest BCUT2D eigenvalue weighted by Gasteiger charge is 2.02. The van der Waals surface area contributed by atoms with E-state index in [1.54, 1.807) is 11.3 Å². The average molecular weight is 217 g/mol. The van der Waals surface area contributed by atoms with Gasteiger partial charge < -0.3 is 5.73 Å². The molecule has 0 spiro atoms. The van der Waals surface area contributed by atoms with Gasteiger partial charge in [0.05, 0.1) is 0 Å². The number of nitrogens with two attached hydrogens (primary N) is 1. The first-order chi connectivity index (χ1) is 7.20. The molecule has 0 unspecified atom stereocenters. The summed E-state index contributed by atoms with van der Waals surface area (Å²) in [6.45, 7) is 4.92. The zero-order chi connectivity index (χ0) is 10.8. The molecule has 2 aromatic rings. The van der Waals surface area contributed by atoms with E-state index in [4.69, 9.17) is 5.73 Å². The van der Waals surface area contributed by atoms with Crippen molar-refractivity contribution >= 4 is 11.3 Å². The minimum absolute atomic E-state index is 0.634. The Morgan fingerprint density at radius 1 is 1.07 bits per heavy atom. The van der Waals surface area contributed by atoms with Crippen molar-refractivity contribution in [2.75, 3.05) is 0 Å². The fourth-order valence-corrected chi connectivity index (χ4v) is 2.33. The third kappa shape index (κ3) is 2.11.